The molecule has 2 aromatic rings. The van der Waals surface area contributed by atoms with Gasteiger partial charge in [0.1, 0.15) is 11.7 Å². The van der Waals surface area contributed by atoms with E-state index in [0.717, 1.165) is 23.7 Å². The van der Waals surface area contributed by atoms with Gasteiger partial charge in [0.15, 0.2) is 0 Å². The fourth-order valence-electron chi connectivity index (χ4n) is 3.05. The van der Waals surface area contributed by atoms with Gasteiger partial charge >= 0.3 is 5.97 Å². The molecule has 0 saturated heterocycles. The Labute approximate surface area is 158 Å². The molecule has 2 rings (SSSR count). The summed E-state index contributed by atoms with van der Waals surface area (Å²) in [5, 5.41) is 12.6. The van der Waals surface area contributed by atoms with Crippen LogP contribution < -0.4 is 5.32 Å². The number of carboxylic acids is 1. The smallest absolute Gasteiger partial charge is 0.303 e. The second kappa shape index (κ2) is 9.75. The van der Waals surface area contributed by atoms with Gasteiger partial charge in [0, 0.05) is 30.4 Å². The van der Waals surface area contributed by atoms with Crippen molar-refractivity contribution in [1.82, 2.24) is 15.2 Å². The molecule has 0 fully saturated rings. The van der Waals surface area contributed by atoms with E-state index in [1.807, 2.05) is 38.1 Å². The number of rotatable bonds is 10. The summed E-state index contributed by atoms with van der Waals surface area (Å²) in [5.74, 6) is -1.64. The minimum Gasteiger partial charge on any atom is -0.481 e. The molecule has 7 nitrogen and oxygen atoms in total. The first-order valence-electron chi connectivity index (χ1n) is 9.35. The third-order valence-corrected chi connectivity index (χ3v) is 4.32. The lowest BCUT2D eigenvalue weighted by Crippen LogP contribution is -2.49. The molecule has 0 aliphatic carbocycles. The average Bonchev–Trinajstić information content (AvgIpc) is 3.08. The highest BCUT2D eigenvalue weighted by molar-refractivity contribution is 6.00. The van der Waals surface area contributed by atoms with Crippen molar-refractivity contribution in [2.24, 2.45) is 0 Å². The minimum absolute atomic E-state index is 0.0596. The number of fused-ring (bicyclic) bond motifs is 1. The van der Waals surface area contributed by atoms with Crippen LogP contribution in [0.5, 0.6) is 0 Å². The summed E-state index contributed by atoms with van der Waals surface area (Å²) in [7, 11) is 0. The maximum Gasteiger partial charge on any atom is 0.303 e. The molecule has 3 N–H and O–H groups in total. The third-order valence-electron chi connectivity index (χ3n) is 4.32. The van der Waals surface area contributed by atoms with Crippen LogP contribution in [-0.2, 0) is 9.59 Å². The van der Waals surface area contributed by atoms with Crippen LogP contribution in [0.2, 0.25) is 0 Å². The quantitative estimate of drug-likeness (QED) is 0.596. The van der Waals surface area contributed by atoms with Gasteiger partial charge in [-0.15, -0.1) is 0 Å². The van der Waals surface area contributed by atoms with E-state index in [0.29, 0.717) is 18.8 Å². The summed E-state index contributed by atoms with van der Waals surface area (Å²) in [4.78, 5) is 41.2. The first-order chi connectivity index (χ1) is 13.0. The van der Waals surface area contributed by atoms with Crippen molar-refractivity contribution >= 4 is 28.7 Å². The van der Waals surface area contributed by atoms with E-state index in [2.05, 4.69) is 10.3 Å². The third kappa shape index (κ3) is 5.57. The molecule has 0 aliphatic rings. The van der Waals surface area contributed by atoms with E-state index >= 15 is 0 Å². The number of aliphatic carboxylic acids is 1. The number of carbonyl (C=O) groups excluding carboxylic acids is 2. The lowest BCUT2D eigenvalue weighted by atomic mass is 10.1. The van der Waals surface area contributed by atoms with E-state index < -0.39 is 17.9 Å². The fourth-order valence-corrected chi connectivity index (χ4v) is 3.05. The molecule has 0 unspecified atom stereocenters. The van der Waals surface area contributed by atoms with E-state index in [9.17, 15) is 14.4 Å². The number of nitrogens with one attached hydrogen (secondary N) is 2. The average molecular weight is 373 g/mol. The topological polar surface area (TPSA) is 102 Å². The standard InChI is InChI=1S/C20H27N3O4/c1-3-11-23(12-4-2)20(27)16(9-10-18(24)25)22-19(26)17-13-14-7-5-6-8-15(14)21-17/h5-8,13,16,21H,3-4,9-12H2,1-2H3,(H,22,26)(H,24,25)/t16-/m1/s1. The Morgan fingerprint density at radius 2 is 1.81 bits per heavy atom. The van der Waals surface area contributed by atoms with Crippen LogP contribution in [0.4, 0.5) is 0 Å². The second-order valence-corrected chi connectivity index (χ2v) is 6.55. The number of H-pyrrole nitrogens is 1. The molecule has 0 spiro atoms. The van der Waals surface area contributed by atoms with Gasteiger partial charge in [-0.3, -0.25) is 14.4 Å². The Bertz CT molecular complexity index is 760. The number of benzene rings is 1. The Morgan fingerprint density at radius 1 is 1.15 bits per heavy atom. The largest absolute Gasteiger partial charge is 0.481 e. The van der Waals surface area contributed by atoms with Gasteiger partial charge < -0.3 is 20.3 Å². The molecule has 27 heavy (non-hydrogen) atoms. The Balaban J connectivity index is 2.17. The van der Waals surface area contributed by atoms with Crippen molar-refractivity contribution in [1.29, 1.82) is 0 Å². The molecule has 0 radical (unpaired) electrons. The van der Waals surface area contributed by atoms with Crippen molar-refractivity contribution in [2.75, 3.05) is 13.1 Å². The van der Waals surface area contributed by atoms with Crippen LogP contribution in [0, 0.1) is 0 Å². The van der Waals surface area contributed by atoms with Crippen molar-refractivity contribution < 1.29 is 19.5 Å². The van der Waals surface area contributed by atoms with E-state index in [4.69, 9.17) is 5.11 Å². The molecular formula is C20H27N3O4. The molecule has 0 saturated carbocycles. The van der Waals surface area contributed by atoms with Crippen LogP contribution in [0.25, 0.3) is 10.9 Å². The monoisotopic (exact) mass is 373 g/mol. The van der Waals surface area contributed by atoms with Crippen LogP contribution in [0.1, 0.15) is 50.0 Å². The number of aromatic nitrogens is 1. The number of nitrogens with zero attached hydrogens (tertiary/aromatic N) is 1. The molecular weight excluding hydrogens is 346 g/mol. The maximum absolute atomic E-state index is 12.9. The number of hydrogen-bond acceptors (Lipinski definition) is 3. The van der Waals surface area contributed by atoms with Crippen molar-refractivity contribution in [3.05, 3.63) is 36.0 Å². The van der Waals surface area contributed by atoms with E-state index in [-0.39, 0.29) is 18.7 Å². The predicted octanol–water partition coefficient (Wildman–Crippen LogP) is 2.78. The summed E-state index contributed by atoms with van der Waals surface area (Å²) < 4.78 is 0. The highest BCUT2D eigenvalue weighted by Crippen LogP contribution is 2.15. The van der Waals surface area contributed by atoms with Gasteiger partial charge in [-0.1, -0.05) is 32.0 Å². The Kier molecular flexibility index (Phi) is 7.40. The predicted molar refractivity (Wildman–Crippen MR) is 104 cm³/mol. The SMILES string of the molecule is CCCN(CCC)C(=O)[C@@H](CCC(=O)O)NC(=O)c1cc2ccccc2[nH]1. The van der Waals surface area contributed by atoms with Crippen molar-refractivity contribution in [3.63, 3.8) is 0 Å². The molecule has 2 amide bonds. The van der Waals surface area contributed by atoms with Gasteiger partial charge in [0.25, 0.3) is 5.91 Å². The van der Waals surface area contributed by atoms with Gasteiger partial charge in [-0.25, -0.2) is 0 Å². The normalized spacial score (nSPS) is 11.9. The molecule has 7 heteroatoms. The highest BCUT2D eigenvalue weighted by atomic mass is 16.4. The van der Waals surface area contributed by atoms with Gasteiger partial charge in [-0.2, -0.15) is 0 Å². The summed E-state index contributed by atoms with van der Waals surface area (Å²) in [6.07, 6.45) is 1.47. The lowest BCUT2D eigenvalue weighted by Gasteiger charge is -2.27. The molecule has 1 atom stereocenters. The molecule has 0 aliphatic heterocycles. The Morgan fingerprint density at radius 3 is 2.41 bits per heavy atom. The molecule has 1 heterocycles. The van der Waals surface area contributed by atoms with Crippen LogP contribution >= 0.6 is 0 Å². The van der Waals surface area contributed by atoms with Gasteiger partial charge in [-0.05, 0) is 31.4 Å². The summed E-state index contributed by atoms with van der Waals surface area (Å²) >= 11 is 0. The van der Waals surface area contributed by atoms with E-state index in [1.165, 1.54) is 0 Å². The molecule has 1 aromatic heterocycles. The maximum atomic E-state index is 12.9. The first-order valence-corrected chi connectivity index (χ1v) is 9.35. The molecule has 1 aromatic carbocycles. The Hall–Kier alpha value is -2.83. The highest BCUT2D eigenvalue weighted by Gasteiger charge is 2.26. The fraction of sp³-hybridized carbons (Fsp3) is 0.450. The van der Waals surface area contributed by atoms with Crippen molar-refractivity contribution in [3.8, 4) is 0 Å². The number of carboxylic acid groups (broad SMARTS) is 1. The van der Waals surface area contributed by atoms with Gasteiger partial charge in [0.05, 0.1) is 0 Å². The van der Waals surface area contributed by atoms with Crippen LogP contribution in [0.3, 0.4) is 0 Å². The zero-order valence-electron chi connectivity index (χ0n) is 15.8. The lowest BCUT2D eigenvalue weighted by molar-refractivity contribution is -0.138. The number of para-hydroxylation sites is 1. The minimum atomic E-state index is -0.995. The zero-order chi connectivity index (χ0) is 19.8. The van der Waals surface area contributed by atoms with Gasteiger partial charge in [0.2, 0.25) is 5.91 Å². The number of hydrogen-bond donors (Lipinski definition) is 3. The summed E-state index contributed by atoms with van der Waals surface area (Å²) in [6.45, 7) is 5.12. The number of aromatic amines is 1. The first kappa shape index (κ1) is 20.5. The summed E-state index contributed by atoms with van der Waals surface area (Å²) in [6, 6.07) is 8.36. The van der Waals surface area contributed by atoms with Crippen molar-refractivity contribution in [2.45, 2.75) is 45.6 Å². The van der Waals surface area contributed by atoms with Crippen LogP contribution in [-0.4, -0.2) is 51.9 Å². The van der Waals surface area contributed by atoms with E-state index in [1.54, 1.807) is 11.0 Å². The zero-order valence-corrected chi connectivity index (χ0v) is 15.8. The molecule has 146 valence electrons. The van der Waals surface area contributed by atoms with Crippen LogP contribution in [0.15, 0.2) is 30.3 Å². The summed E-state index contributed by atoms with van der Waals surface area (Å²) in [5.41, 5.74) is 1.18. The molecule has 0 bridgehead atoms. The number of carbonyl (C=O) groups is 3. The second-order valence-electron chi connectivity index (χ2n) is 6.55. The number of amides is 2.